The molecule has 6 unspecified atom stereocenters. The molecule has 404 valence electrons. The molecule has 6 amide bonds. The molecule has 0 aliphatic heterocycles. The molecule has 28 nitrogen and oxygen atoms in total. The van der Waals surface area contributed by atoms with Gasteiger partial charge in [0.1, 0.15) is 6.04 Å². The van der Waals surface area contributed by atoms with Crippen LogP contribution in [-0.2, 0) is 35.3 Å². The van der Waals surface area contributed by atoms with Crippen molar-refractivity contribution in [2.75, 3.05) is 4.90 Å². The van der Waals surface area contributed by atoms with Crippen LogP contribution in [0.3, 0.4) is 0 Å². The molecular formula is C45H49Cl4N21O7. The molecule has 4 aromatic carbocycles. The van der Waals surface area contributed by atoms with Crippen molar-refractivity contribution in [3.05, 3.63) is 134 Å². The Kier molecular flexibility index (Phi) is 20.4. The zero-order valence-electron chi connectivity index (χ0n) is 39.6. The lowest BCUT2D eigenvalue weighted by atomic mass is 10.1. The number of nitrogens with zero attached hydrogens (tertiary/aromatic N) is 3. The summed E-state index contributed by atoms with van der Waals surface area (Å²) in [6.07, 6.45) is -10.3. The molecule has 24 N–H and O–H groups in total. The van der Waals surface area contributed by atoms with Crippen LogP contribution in [0.5, 0.6) is 0 Å². The Bertz CT molecular complexity index is 2970. The van der Waals surface area contributed by atoms with Crippen molar-refractivity contribution < 1.29 is 33.9 Å². The minimum absolute atomic E-state index is 0.0779. The van der Waals surface area contributed by atoms with Crippen molar-refractivity contribution in [2.24, 2.45) is 28.7 Å². The number of hydrogen-bond donors (Lipinski definition) is 19. The third-order valence-corrected chi connectivity index (χ3v) is 11.5. The van der Waals surface area contributed by atoms with E-state index < -0.39 is 103 Å². The number of benzene rings is 4. The molecule has 1 heterocycles. The Morgan fingerprint density at radius 2 is 0.883 bits per heavy atom. The highest BCUT2D eigenvalue weighted by Crippen LogP contribution is 2.32. The molecule has 77 heavy (non-hydrogen) atoms. The average Bonchev–Trinajstić information content (AvgIpc) is 3.37. The summed E-state index contributed by atoms with van der Waals surface area (Å²) in [5, 5.41) is 63.4. The summed E-state index contributed by atoms with van der Waals surface area (Å²) in [6.45, 7) is -0.408. The molecule has 0 saturated heterocycles. The lowest BCUT2D eigenvalue weighted by molar-refractivity contribution is -0.136. The molecule has 0 aliphatic carbocycles. The maximum atomic E-state index is 14.6. The van der Waals surface area contributed by atoms with Gasteiger partial charge in [0.2, 0.25) is 18.1 Å². The highest BCUT2D eigenvalue weighted by Gasteiger charge is 2.36. The van der Waals surface area contributed by atoms with Gasteiger partial charge in [-0.2, -0.15) is 0 Å². The number of carbonyl (C=O) groups excluding carboxylic acids is 6. The average molecular weight is 1140 g/mol. The highest BCUT2D eigenvalue weighted by molar-refractivity contribution is 6.36. The molecular weight excluding hydrogens is 1090 g/mol. The van der Waals surface area contributed by atoms with Gasteiger partial charge in [-0.1, -0.05) is 107 Å². The quantitative estimate of drug-likeness (QED) is 0.0220. The van der Waals surface area contributed by atoms with Gasteiger partial charge in [0.15, 0.2) is 48.5 Å². The Morgan fingerprint density at radius 3 is 1.29 bits per heavy atom. The van der Waals surface area contributed by atoms with Crippen LogP contribution in [0, 0.1) is 21.6 Å². The number of rotatable bonds is 22. The largest absolute Gasteiger partial charge is 0.370 e. The first-order valence-corrected chi connectivity index (χ1v) is 23.5. The van der Waals surface area contributed by atoms with E-state index in [9.17, 15) is 33.9 Å². The van der Waals surface area contributed by atoms with Crippen molar-refractivity contribution in [2.45, 2.75) is 43.5 Å². The van der Waals surface area contributed by atoms with E-state index in [-0.39, 0.29) is 27.1 Å². The number of amides is 6. The Balaban J connectivity index is 1.49. The Morgan fingerprint density at radius 1 is 0.494 bits per heavy atom. The molecule has 0 aliphatic rings. The van der Waals surface area contributed by atoms with Crippen molar-refractivity contribution in [1.29, 1.82) is 21.6 Å². The third-order valence-electron chi connectivity index (χ3n) is 10.3. The number of aromatic nitrogens is 2. The van der Waals surface area contributed by atoms with E-state index in [4.69, 9.17) is 107 Å². The summed E-state index contributed by atoms with van der Waals surface area (Å²) in [7, 11) is 0. The zero-order valence-corrected chi connectivity index (χ0v) is 42.6. The summed E-state index contributed by atoms with van der Waals surface area (Å²) in [5.74, 6) is -11.5. The van der Waals surface area contributed by atoms with Gasteiger partial charge < -0.3 is 86.5 Å². The van der Waals surface area contributed by atoms with E-state index in [0.29, 0.717) is 32.6 Å². The number of nitrogens with two attached hydrogens (primary N) is 5. The van der Waals surface area contributed by atoms with Gasteiger partial charge in [-0.15, -0.1) is 0 Å². The molecule has 6 atom stereocenters. The van der Waals surface area contributed by atoms with Gasteiger partial charge in [0.05, 0.1) is 17.9 Å². The van der Waals surface area contributed by atoms with Gasteiger partial charge in [-0.05, 0) is 48.0 Å². The standard InChI is InChI=1S/C45H49Cl4N21O7/c46-22-13-9-19(10-14-22)27-17-28(20-11-15-23(47)16-12-20)60-45(59-27)70(18-24-25(48)7-4-8-26(24)49)40(77)39(76)61-29(21-5-2-1-3-6-21)35(72)63-32(67-42(53)54)37(74)65-34(69-44(57)58)38(75)64-33(68-43(55)56)36(73)62-31(30(50)71)66-41(51)52/h1-17,29,31-34,40,77H,18H2,(H2,50,71)(H,61,76)(H,62,73)(H,63,72)(H,64,75)(H,65,74)(H4,51,52,66)(H4,53,54,67)(H4,55,56,68)(H4,57,58,69). The Labute approximate surface area is 456 Å². The van der Waals surface area contributed by atoms with Gasteiger partial charge in [0, 0.05) is 36.8 Å². The molecule has 0 radical (unpaired) electrons. The van der Waals surface area contributed by atoms with Gasteiger partial charge in [0.25, 0.3) is 29.5 Å². The van der Waals surface area contributed by atoms with Crippen molar-refractivity contribution in [3.8, 4) is 22.5 Å². The second-order valence-corrected chi connectivity index (χ2v) is 17.6. The first-order valence-electron chi connectivity index (χ1n) is 22.0. The summed E-state index contributed by atoms with van der Waals surface area (Å²) in [4.78, 5) is 92.3. The first-order chi connectivity index (χ1) is 36.4. The van der Waals surface area contributed by atoms with Crippen LogP contribution in [0.25, 0.3) is 22.5 Å². The van der Waals surface area contributed by atoms with Crippen molar-refractivity contribution in [3.63, 3.8) is 0 Å². The first kappa shape index (κ1) is 58.7. The number of nitrogens with one attached hydrogen (secondary N) is 13. The van der Waals surface area contributed by atoms with E-state index in [2.05, 4.69) is 42.5 Å². The van der Waals surface area contributed by atoms with Gasteiger partial charge in [-0.3, -0.25) is 50.4 Å². The topological polar surface area (TPSA) is 485 Å². The summed E-state index contributed by atoms with van der Waals surface area (Å²) in [5.41, 5.74) is 29.0. The van der Waals surface area contributed by atoms with E-state index in [0.717, 1.165) is 4.90 Å². The lowest BCUT2D eigenvalue weighted by Crippen LogP contribution is -2.68. The second kappa shape index (κ2) is 26.8. The summed E-state index contributed by atoms with van der Waals surface area (Å²) >= 11 is 25.7. The second-order valence-electron chi connectivity index (χ2n) is 15.9. The lowest BCUT2D eigenvalue weighted by Gasteiger charge is -2.30. The minimum Gasteiger partial charge on any atom is -0.370 e. The summed E-state index contributed by atoms with van der Waals surface area (Å²) in [6, 6.07) is 25.3. The van der Waals surface area contributed by atoms with E-state index in [1.165, 1.54) is 36.4 Å². The fraction of sp³-hybridized carbons (Fsp3) is 0.156. The van der Waals surface area contributed by atoms with Crippen LogP contribution < -0.4 is 81.4 Å². The van der Waals surface area contributed by atoms with Crippen molar-refractivity contribution >= 4 is 112 Å². The molecule has 1 aromatic heterocycles. The number of halogens is 4. The van der Waals surface area contributed by atoms with Crippen molar-refractivity contribution in [1.82, 2.24) is 57.8 Å². The molecule has 0 saturated carbocycles. The highest BCUT2D eigenvalue weighted by atomic mass is 35.5. The fourth-order valence-electron chi connectivity index (χ4n) is 6.73. The molecule has 0 fully saturated rings. The van der Waals surface area contributed by atoms with Crippen LogP contribution in [0.2, 0.25) is 20.1 Å². The fourth-order valence-corrected chi connectivity index (χ4v) is 7.50. The van der Waals surface area contributed by atoms with Crippen LogP contribution in [0.4, 0.5) is 5.95 Å². The summed E-state index contributed by atoms with van der Waals surface area (Å²) < 4.78 is 0. The number of anilines is 1. The van der Waals surface area contributed by atoms with Gasteiger partial charge in [-0.25, -0.2) is 9.97 Å². The van der Waals surface area contributed by atoms with Crippen LogP contribution >= 0.6 is 46.4 Å². The predicted octanol–water partition coefficient (Wildman–Crippen LogP) is -1.21. The maximum Gasteiger partial charge on any atom is 0.271 e. The molecule has 5 aromatic rings. The smallest absolute Gasteiger partial charge is 0.271 e. The molecule has 32 heteroatoms. The minimum atomic E-state index is -2.26. The van der Waals surface area contributed by atoms with Gasteiger partial charge >= 0.3 is 0 Å². The van der Waals surface area contributed by atoms with E-state index in [1.54, 1.807) is 66.7 Å². The Hall–Kier alpha value is -9.22. The van der Waals surface area contributed by atoms with E-state index >= 15 is 0 Å². The maximum absolute atomic E-state index is 14.6. The third kappa shape index (κ3) is 16.9. The number of primary amides is 1. The monoisotopic (exact) mass is 1140 g/mol. The molecule has 0 spiro atoms. The van der Waals surface area contributed by atoms with E-state index in [1.807, 2.05) is 5.32 Å². The molecule has 0 bridgehead atoms. The number of aliphatic hydroxyl groups is 1. The zero-order chi connectivity index (χ0) is 56.7. The number of guanidine groups is 4. The number of hydrogen-bond acceptors (Lipinski definition) is 14. The van der Waals surface area contributed by atoms with Crippen LogP contribution in [0.1, 0.15) is 17.2 Å². The molecule has 5 rings (SSSR count). The SMILES string of the molecule is N=C(N)NC(NC(=O)C(NC(=N)N)NC(=O)C(NC(=N)N)NC(=O)C(NC(=N)N)NC(=O)C(NC(=O)C(O)N(Cc1c(Cl)cccc1Cl)c1nc(-c2ccc(Cl)cc2)cc(-c2ccc(Cl)cc2)n1)c1ccccc1)C(N)=O. The number of aliphatic hydroxyl groups excluding tert-OH is 1. The van der Waals surface area contributed by atoms with Crippen LogP contribution in [-0.4, -0.2) is 105 Å². The number of carbonyl (C=O) groups is 6. The predicted molar refractivity (Wildman–Crippen MR) is 286 cm³/mol. The van der Waals surface area contributed by atoms with Crippen LogP contribution in [0.15, 0.2) is 103 Å². The normalized spacial score (nSPS) is 13.0.